The summed E-state index contributed by atoms with van der Waals surface area (Å²) in [6.07, 6.45) is 2.25. The van der Waals surface area contributed by atoms with Crippen molar-refractivity contribution >= 4 is 34.1 Å². The molecule has 4 rings (SSSR count). The van der Waals surface area contributed by atoms with Gasteiger partial charge in [-0.2, -0.15) is 0 Å². The molecule has 0 bridgehead atoms. The Bertz CT molecular complexity index is 1040. The maximum absolute atomic E-state index is 12.8. The summed E-state index contributed by atoms with van der Waals surface area (Å²) in [6, 6.07) is 15.7. The van der Waals surface area contributed by atoms with Crippen LogP contribution in [-0.2, 0) is 20.9 Å². The van der Waals surface area contributed by atoms with Crippen LogP contribution in [0.25, 0.3) is 10.9 Å². The first-order valence-electron chi connectivity index (χ1n) is 9.81. The number of hydrogen-bond acceptors (Lipinski definition) is 3. The number of methoxy groups -OCH3 is 1. The Morgan fingerprint density at radius 1 is 1.17 bits per heavy atom. The predicted octanol–water partition coefficient (Wildman–Crippen LogP) is 3.59. The van der Waals surface area contributed by atoms with Crippen LogP contribution in [0.5, 0.6) is 0 Å². The first-order valence-corrected chi connectivity index (χ1v) is 9.81. The molecular formula is C23H25N3O3. The zero-order chi connectivity index (χ0) is 20.4. The van der Waals surface area contributed by atoms with Gasteiger partial charge >= 0.3 is 0 Å². The van der Waals surface area contributed by atoms with Gasteiger partial charge in [0.05, 0.1) is 12.5 Å². The number of anilines is 2. The molecule has 0 aliphatic carbocycles. The van der Waals surface area contributed by atoms with E-state index in [1.807, 2.05) is 61.7 Å². The number of fused-ring (bicyclic) bond motifs is 1. The van der Waals surface area contributed by atoms with Crippen LogP contribution in [0.2, 0.25) is 0 Å². The molecule has 1 unspecified atom stereocenters. The van der Waals surface area contributed by atoms with Gasteiger partial charge in [0.1, 0.15) is 0 Å². The van der Waals surface area contributed by atoms with E-state index < -0.39 is 0 Å². The molecule has 2 amide bonds. The van der Waals surface area contributed by atoms with Crippen LogP contribution in [-0.4, -0.2) is 36.6 Å². The summed E-state index contributed by atoms with van der Waals surface area (Å²) in [6.45, 7) is 3.85. The lowest BCUT2D eigenvalue weighted by Crippen LogP contribution is -2.28. The van der Waals surface area contributed by atoms with Crippen molar-refractivity contribution < 1.29 is 14.3 Å². The number of rotatable bonds is 6. The summed E-state index contributed by atoms with van der Waals surface area (Å²) in [5.41, 5.74) is 3.82. The standard InChI is InChI=1S/C23H25N3O3/c1-16-3-6-20(7-4-16)26-15-18(14-22(26)27)23(28)24-19-5-8-21-17(13-19)9-10-25(21)11-12-29-2/h3-10,13,18H,11-12,14-15H2,1-2H3,(H,24,28). The normalized spacial score (nSPS) is 16.6. The summed E-state index contributed by atoms with van der Waals surface area (Å²) in [4.78, 5) is 26.9. The van der Waals surface area contributed by atoms with Gasteiger partial charge in [-0.25, -0.2) is 0 Å². The lowest BCUT2D eigenvalue weighted by molar-refractivity contribution is -0.122. The molecule has 2 aromatic carbocycles. The van der Waals surface area contributed by atoms with E-state index in [4.69, 9.17) is 4.74 Å². The molecular weight excluding hydrogens is 366 g/mol. The number of aromatic nitrogens is 1. The Morgan fingerprint density at radius 2 is 1.97 bits per heavy atom. The zero-order valence-corrected chi connectivity index (χ0v) is 16.7. The van der Waals surface area contributed by atoms with Crippen molar-refractivity contribution in [2.75, 3.05) is 30.5 Å². The highest BCUT2D eigenvalue weighted by atomic mass is 16.5. The van der Waals surface area contributed by atoms with Gasteiger partial charge in [0.25, 0.3) is 0 Å². The van der Waals surface area contributed by atoms with Gasteiger partial charge in [0.15, 0.2) is 0 Å². The highest BCUT2D eigenvalue weighted by Crippen LogP contribution is 2.27. The topological polar surface area (TPSA) is 63.6 Å². The number of amides is 2. The first kappa shape index (κ1) is 19.2. The zero-order valence-electron chi connectivity index (χ0n) is 16.7. The van der Waals surface area contributed by atoms with E-state index in [0.29, 0.717) is 13.2 Å². The molecule has 1 atom stereocenters. The van der Waals surface area contributed by atoms with Gasteiger partial charge in [0.2, 0.25) is 11.8 Å². The number of aryl methyl sites for hydroxylation is 1. The largest absolute Gasteiger partial charge is 0.383 e. The van der Waals surface area contributed by atoms with E-state index in [1.54, 1.807) is 12.0 Å². The van der Waals surface area contributed by atoms with Gasteiger partial charge in [0, 0.05) is 55.1 Å². The Balaban J connectivity index is 1.44. The highest BCUT2D eigenvalue weighted by Gasteiger charge is 2.35. The molecule has 150 valence electrons. The summed E-state index contributed by atoms with van der Waals surface area (Å²) in [5.74, 6) is -0.489. The molecule has 1 aliphatic heterocycles. The number of nitrogens with zero attached hydrogens (tertiary/aromatic N) is 2. The van der Waals surface area contributed by atoms with Gasteiger partial charge in [-0.15, -0.1) is 0 Å². The van der Waals surface area contributed by atoms with Crippen LogP contribution in [0.4, 0.5) is 11.4 Å². The monoisotopic (exact) mass is 391 g/mol. The second-order valence-electron chi connectivity index (χ2n) is 7.51. The maximum Gasteiger partial charge on any atom is 0.229 e. The number of ether oxygens (including phenoxy) is 1. The van der Waals surface area contributed by atoms with Crippen LogP contribution in [0.1, 0.15) is 12.0 Å². The van der Waals surface area contributed by atoms with Crippen molar-refractivity contribution in [2.24, 2.45) is 5.92 Å². The number of benzene rings is 2. The van der Waals surface area contributed by atoms with E-state index in [9.17, 15) is 9.59 Å². The molecule has 0 radical (unpaired) electrons. The fourth-order valence-electron chi connectivity index (χ4n) is 3.76. The number of carbonyl (C=O) groups excluding carboxylic acids is 2. The minimum atomic E-state index is -0.356. The fourth-order valence-corrected chi connectivity index (χ4v) is 3.76. The molecule has 1 aliphatic rings. The SMILES string of the molecule is COCCn1ccc2cc(NC(=O)C3CC(=O)N(c4ccc(C)cc4)C3)ccc21. The van der Waals surface area contributed by atoms with Crippen molar-refractivity contribution in [2.45, 2.75) is 19.9 Å². The second kappa shape index (κ2) is 8.09. The van der Waals surface area contributed by atoms with E-state index in [1.165, 1.54) is 0 Å². The van der Waals surface area contributed by atoms with Gasteiger partial charge in [-0.05, 0) is 43.3 Å². The molecule has 0 spiro atoms. The lowest BCUT2D eigenvalue weighted by Gasteiger charge is -2.17. The van der Waals surface area contributed by atoms with Crippen molar-refractivity contribution in [3.05, 3.63) is 60.3 Å². The van der Waals surface area contributed by atoms with Crippen molar-refractivity contribution in [3.8, 4) is 0 Å². The fraction of sp³-hybridized carbons (Fsp3) is 0.304. The van der Waals surface area contributed by atoms with Crippen LogP contribution in [0.15, 0.2) is 54.7 Å². The van der Waals surface area contributed by atoms with Crippen LogP contribution < -0.4 is 10.2 Å². The predicted molar refractivity (Wildman–Crippen MR) is 114 cm³/mol. The summed E-state index contributed by atoms with van der Waals surface area (Å²) in [7, 11) is 1.69. The minimum absolute atomic E-state index is 0.0142. The van der Waals surface area contributed by atoms with E-state index in [2.05, 4.69) is 9.88 Å². The third-order valence-electron chi connectivity index (χ3n) is 5.42. The average Bonchev–Trinajstić information content (AvgIpc) is 3.30. The van der Waals surface area contributed by atoms with E-state index in [-0.39, 0.29) is 24.2 Å². The summed E-state index contributed by atoms with van der Waals surface area (Å²) < 4.78 is 7.27. The molecule has 29 heavy (non-hydrogen) atoms. The minimum Gasteiger partial charge on any atom is -0.383 e. The van der Waals surface area contributed by atoms with Crippen molar-refractivity contribution in [1.82, 2.24) is 4.57 Å². The molecule has 1 fully saturated rings. The van der Waals surface area contributed by atoms with Crippen LogP contribution in [0, 0.1) is 12.8 Å². The molecule has 1 saturated heterocycles. The third-order valence-corrected chi connectivity index (χ3v) is 5.42. The average molecular weight is 391 g/mol. The van der Waals surface area contributed by atoms with Gasteiger partial charge in [-0.1, -0.05) is 17.7 Å². The number of nitrogens with one attached hydrogen (secondary N) is 1. The van der Waals surface area contributed by atoms with E-state index >= 15 is 0 Å². The Kier molecular flexibility index (Phi) is 5.36. The Labute approximate surface area is 170 Å². The Hall–Kier alpha value is -3.12. The van der Waals surface area contributed by atoms with Crippen molar-refractivity contribution in [1.29, 1.82) is 0 Å². The second-order valence-corrected chi connectivity index (χ2v) is 7.51. The Morgan fingerprint density at radius 3 is 2.72 bits per heavy atom. The lowest BCUT2D eigenvalue weighted by atomic mass is 10.1. The highest BCUT2D eigenvalue weighted by molar-refractivity contribution is 6.04. The van der Waals surface area contributed by atoms with Crippen molar-refractivity contribution in [3.63, 3.8) is 0 Å². The molecule has 6 nitrogen and oxygen atoms in total. The molecule has 1 N–H and O–H groups in total. The summed E-state index contributed by atoms with van der Waals surface area (Å²) >= 11 is 0. The molecule has 1 aromatic heterocycles. The van der Waals surface area contributed by atoms with Crippen LogP contribution >= 0.6 is 0 Å². The first-order chi connectivity index (χ1) is 14.0. The van der Waals surface area contributed by atoms with Gasteiger partial charge < -0.3 is 19.5 Å². The maximum atomic E-state index is 12.8. The van der Waals surface area contributed by atoms with Gasteiger partial charge in [-0.3, -0.25) is 9.59 Å². The molecule has 0 saturated carbocycles. The quantitative estimate of drug-likeness (QED) is 0.698. The van der Waals surface area contributed by atoms with Crippen LogP contribution in [0.3, 0.4) is 0 Å². The smallest absolute Gasteiger partial charge is 0.229 e. The van der Waals surface area contributed by atoms with E-state index in [0.717, 1.165) is 34.4 Å². The number of hydrogen-bond donors (Lipinski definition) is 1. The molecule has 2 heterocycles. The molecule has 6 heteroatoms. The third kappa shape index (κ3) is 4.03. The number of carbonyl (C=O) groups is 2. The summed E-state index contributed by atoms with van der Waals surface area (Å²) in [5, 5.41) is 4.04. The molecule has 3 aromatic rings.